The van der Waals surface area contributed by atoms with E-state index >= 15 is 0 Å². The fourth-order valence-electron chi connectivity index (χ4n) is 1.60. The van der Waals surface area contributed by atoms with Crippen LogP contribution < -0.4 is 5.56 Å². The van der Waals surface area contributed by atoms with Crippen LogP contribution in [0.15, 0.2) is 11.0 Å². The molecule has 0 amide bonds. The zero-order valence-electron chi connectivity index (χ0n) is 9.75. The number of aromatic nitrogens is 5. The van der Waals surface area contributed by atoms with Gasteiger partial charge in [0.15, 0.2) is 11.4 Å². The first-order valence-electron chi connectivity index (χ1n) is 5.40. The molecule has 0 unspecified atom stereocenters. The van der Waals surface area contributed by atoms with Crippen molar-refractivity contribution in [1.29, 1.82) is 0 Å². The lowest BCUT2D eigenvalue weighted by Gasteiger charge is -2.01. The Morgan fingerprint density at radius 1 is 1.47 bits per heavy atom. The fourth-order valence-corrected chi connectivity index (χ4v) is 1.60. The van der Waals surface area contributed by atoms with Gasteiger partial charge >= 0.3 is 0 Å². The minimum atomic E-state index is -0.326. The summed E-state index contributed by atoms with van der Waals surface area (Å²) in [5.74, 6) is -0.0212. The van der Waals surface area contributed by atoms with E-state index in [0.29, 0.717) is 17.5 Å². The van der Waals surface area contributed by atoms with E-state index in [1.165, 1.54) is 10.9 Å². The Morgan fingerprint density at radius 2 is 2.24 bits per heavy atom. The third kappa shape index (κ3) is 2.08. The number of aryl methyl sites for hydroxylation is 1. The maximum Gasteiger partial charge on any atom is 0.281 e. The minimum Gasteiger partial charge on any atom is -0.298 e. The molecule has 2 aromatic heterocycles. The summed E-state index contributed by atoms with van der Waals surface area (Å²) in [6.45, 7) is 1.89. The molecule has 0 saturated heterocycles. The molecule has 0 bridgehead atoms. The summed E-state index contributed by atoms with van der Waals surface area (Å²) < 4.78 is 2.56. The molecule has 0 aliphatic carbocycles. The van der Waals surface area contributed by atoms with E-state index in [4.69, 9.17) is 0 Å². The van der Waals surface area contributed by atoms with Crippen LogP contribution in [0, 0.1) is 0 Å². The third-order valence-electron chi connectivity index (χ3n) is 2.47. The van der Waals surface area contributed by atoms with Gasteiger partial charge in [-0.1, -0.05) is 12.1 Å². The molecule has 0 atom stereocenters. The van der Waals surface area contributed by atoms with Gasteiger partial charge in [-0.15, -0.1) is 5.10 Å². The number of fused-ring (bicyclic) bond motifs is 1. The zero-order valence-corrected chi connectivity index (χ0v) is 9.75. The van der Waals surface area contributed by atoms with Gasteiger partial charge in [0.05, 0.1) is 6.20 Å². The molecule has 0 aliphatic rings. The van der Waals surface area contributed by atoms with Crippen molar-refractivity contribution in [3.8, 4) is 0 Å². The van der Waals surface area contributed by atoms with Gasteiger partial charge in [-0.3, -0.25) is 9.59 Å². The van der Waals surface area contributed by atoms with Crippen molar-refractivity contribution in [2.24, 2.45) is 7.05 Å². The Hall–Kier alpha value is -2.05. The molecular weight excluding hydrogens is 222 g/mol. The second kappa shape index (κ2) is 4.44. The Morgan fingerprint density at radius 3 is 2.94 bits per heavy atom. The summed E-state index contributed by atoms with van der Waals surface area (Å²) in [6.07, 6.45) is 2.64. The molecule has 0 aromatic carbocycles. The van der Waals surface area contributed by atoms with E-state index in [0.717, 1.165) is 11.1 Å². The highest BCUT2D eigenvalue weighted by atomic mass is 16.1. The molecule has 0 N–H and O–H groups in total. The largest absolute Gasteiger partial charge is 0.298 e. The normalized spacial score (nSPS) is 10.9. The topological polar surface area (TPSA) is 82.7 Å². The van der Waals surface area contributed by atoms with E-state index in [9.17, 15) is 9.59 Å². The predicted molar refractivity (Wildman–Crippen MR) is 60.5 cm³/mol. The predicted octanol–water partition coefficient (Wildman–Crippen LogP) is -0.106. The second-order valence-electron chi connectivity index (χ2n) is 3.85. The molecule has 0 spiro atoms. The first kappa shape index (κ1) is 11.4. The number of nitrogens with zero attached hydrogens (tertiary/aromatic N) is 5. The first-order chi connectivity index (χ1) is 8.13. The highest BCUT2D eigenvalue weighted by molar-refractivity contribution is 5.78. The molecule has 7 heteroatoms. The number of carbonyl (C=O) groups is 1. The van der Waals surface area contributed by atoms with Crippen LogP contribution in [0.3, 0.4) is 0 Å². The summed E-state index contributed by atoms with van der Waals surface area (Å²) in [5, 5.41) is 11.9. The first-order valence-corrected chi connectivity index (χ1v) is 5.40. The Balaban J connectivity index is 2.40. The molecule has 0 aliphatic heterocycles. The van der Waals surface area contributed by atoms with Crippen LogP contribution in [0.4, 0.5) is 0 Å². The van der Waals surface area contributed by atoms with Gasteiger partial charge in [-0.25, -0.2) is 9.36 Å². The van der Waals surface area contributed by atoms with Crippen molar-refractivity contribution < 1.29 is 4.79 Å². The van der Waals surface area contributed by atoms with E-state index in [1.54, 1.807) is 7.05 Å². The molecule has 2 aromatic rings. The highest BCUT2D eigenvalue weighted by Crippen LogP contribution is 2.01. The van der Waals surface area contributed by atoms with Crippen molar-refractivity contribution >= 4 is 16.8 Å². The van der Waals surface area contributed by atoms with Crippen molar-refractivity contribution in [2.45, 2.75) is 26.3 Å². The van der Waals surface area contributed by atoms with Crippen LogP contribution >= 0.6 is 0 Å². The van der Waals surface area contributed by atoms with Gasteiger partial charge < -0.3 is 0 Å². The summed E-state index contributed by atoms with van der Waals surface area (Å²) in [5.41, 5.74) is 0.0988. The van der Waals surface area contributed by atoms with Crippen LogP contribution in [0.2, 0.25) is 0 Å². The maximum atomic E-state index is 11.9. The minimum absolute atomic E-state index is 0.0212. The molecule has 90 valence electrons. The summed E-state index contributed by atoms with van der Waals surface area (Å²) >= 11 is 0. The summed E-state index contributed by atoms with van der Waals surface area (Å²) in [6, 6.07) is 0. The molecule has 2 heterocycles. The molecule has 0 fully saturated rings. The molecular formula is C10H13N5O2. The Kier molecular flexibility index (Phi) is 2.99. The molecule has 2 rings (SSSR count). The number of ketones is 1. The van der Waals surface area contributed by atoms with Crippen LogP contribution in [0.5, 0.6) is 0 Å². The number of rotatable bonds is 4. The van der Waals surface area contributed by atoms with Crippen molar-refractivity contribution in [2.75, 3.05) is 0 Å². The number of carbonyl (C=O) groups excluding carboxylic acids is 1. The average Bonchev–Trinajstić information content (AvgIpc) is 2.66. The molecule has 17 heavy (non-hydrogen) atoms. The van der Waals surface area contributed by atoms with Crippen LogP contribution in [0.25, 0.3) is 11.0 Å². The third-order valence-corrected chi connectivity index (χ3v) is 2.47. The van der Waals surface area contributed by atoms with Crippen LogP contribution in [0.1, 0.15) is 19.8 Å². The fraction of sp³-hybridized carbons (Fsp3) is 0.500. The van der Waals surface area contributed by atoms with E-state index in [2.05, 4.69) is 15.4 Å². The van der Waals surface area contributed by atoms with Crippen molar-refractivity contribution in [3.63, 3.8) is 0 Å². The molecule has 7 nitrogen and oxygen atoms in total. The average molecular weight is 235 g/mol. The van der Waals surface area contributed by atoms with Gasteiger partial charge in [-0.05, 0) is 6.42 Å². The van der Waals surface area contributed by atoms with Crippen LogP contribution in [-0.2, 0) is 18.4 Å². The van der Waals surface area contributed by atoms with Gasteiger partial charge in [0.2, 0.25) is 0 Å². The lowest BCUT2D eigenvalue weighted by atomic mass is 10.2. The van der Waals surface area contributed by atoms with Crippen molar-refractivity contribution in [1.82, 2.24) is 24.8 Å². The molecule has 0 saturated carbocycles. The SMILES string of the molecule is CCCC(=O)Cn1nnc2c(cnn2C)c1=O. The van der Waals surface area contributed by atoms with Crippen molar-refractivity contribution in [3.05, 3.63) is 16.6 Å². The monoisotopic (exact) mass is 235 g/mol. The van der Waals surface area contributed by atoms with Gasteiger partial charge in [0.1, 0.15) is 11.9 Å². The van der Waals surface area contributed by atoms with Crippen LogP contribution in [-0.4, -0.2) is 30.6 Å². The smallest absolute Gasteiger partial charge is 0.281 e. The lowest BCUT2D eigenvalue weighted by Crippen LogP contribution is -2.27. The lowest BCUT2D eigenvalue weighted by molar-refractivity contribution is -0.119. The Bertz CT molecular complexity index is 613. The molecule has 0 radical (unpaired) electrons. The number of Topliss-reactive ketones (excluding diaryl/α,β-unsaturated/α-hetero) is 1. The quantitative estimate of drug-likeness (QED) is 0.738. The van der Waals surface area contributed by atoms with E-state index < -0.39 is 0 Å². The van der Waals surface area contributed by atoms with E-state index in [1.807, 2.05) is 6.92 Å². The van der Waals surface area contributed by atoms with Gasteiger partial charge in [0.25, 0.3) is 5.56 Å². The summed E-state index contributed by atoms with van der Waals surface area (Å²) in [4.78, 5) is 23.4. The maximum absolute atomic E-state index is 11.9. The standard InChI is InChI=1S/C10H13N5O2/c1-3-4-7(16)6-15-10(17)8-5-11-14(2)9(8)12-13-15/h5H,3-4,6H2,1-2H3. The van der Waals surface area contributed by atoms with Gasteiger partial charge in [-0.2, -0.15) is 5.10 Å². The summed E-state index contributed by atoms with van der Waals surface area (Å²) in [7, 11) is 1.68. The number of hydrogen-bond donors (Lipinski definition) is 0. The number of hydrogen-bond acceptors (Lipinski definition) is 5. The van der Waals surface area contributed by atoms with Gasteiger partial charge in [0, 0.05) is 13.5 Å². The van der Waals surface area contributed by atoms with E-state index in [-0.39, 0.29) is 17.9 Å². The Labute approximate surface area is 97.0 Å². The highest BCUT2D eigenvalue weighted by Gasteiger charge is 2.11. The zero-order chi connectivity index (χ0) is 12.4. The second-order valence-corrected chi connectivity index (χ2v) is 3.85.